The zero-order valence-corrected chi connectivity index (χ0v) is 21.2. The summed E-state index contributed by atoms with van der Waals surface area (Å²) in [4.78, 5) is 10.3. The van der Waals surface area contributed by atoms with Crippen LogP contribution >= 0.6 is 0 Å². The van der Waals surface area contributed by atoms with Crippen LogP contribution in [0.3, 0.4) is 0 Å². The molecule has 2 N–H and O–H groups in total. The Labute approximate surface area is 199 Å². The van der Waals surface area contributed by atoms with Gasteiger partial charge in [0.25, 0.3) is 0 Å². The van der Waals surface area contributed by atoms with Gasteiger partial charge in [-0.25, -0.2) is 4.39 Å². The zero-order valence-electron chi connectivity index (χ0n) is 21.2. The normalized spacial score (nSPS) is 11.9. The van der Waals surface area contributed by atoms with E-state index in [9.17, 15) is 19.4 Å². The number of hydrogen-bond donors (Lipinski definition) is 2. The van der Waals surface area contributed by atoms with Gasteiger partial charge in [0, 0.05) is 19.1 Å². The van der Waals surface area contributed by atoms with Gasteiger partial charge in [0.2, 0.25) is 0 Å². The monoisotopic (exact) mass is 462 g/mol. The van der Waals surface area contributed by atoms with Crippen molar-refractivity contribution >= 4 is 5.97 Å². The van der Waals surface area contributed by atoms with Gasteiger partial charge in [-0.3, -0.25) is 4.79 Å². The van der Waals surface area contributed by atoms with Gasteiger partial charge in [0.15, 0.2) is 0 Å². The van der Waals surface area contributed by atoms with E-state index in [-0.39, 0.29) is 30.1 Å². The van der Waals surface area contributed by atoms with Crippen LogP contribution in [0.5, 0.6) is 5.75 Å². The molecule has 0 aliphatic carbocycles. The van der Waals surface area contributed by atoms with Crippen LogP contribution in [0, 0.1) is 18.7 Å². The number of ether oxygens (including phenoxy) is 1. The van der Waals surface area contributed by atoms with E-state index in [1.54, 1.807) is 13.0 Å². The number of aliphatic hydroxyl groups excluding tert-OH is 1. The lowest BCUT2D eigenvalue weighted by Crippen LogP contribution is -2.15. The molecule has 0 radical (unpaired) electrons. The largest absolute Gasteiger partial charge is 0.508 e. The van der Waals surface area contributed by atoms with E-state index in [2.05, 4.69) is 23.8 Å². The van der Waals surface area contributed by atoms with Gasteiger partial charge in [0.05, 0.1) is 7.11 Å². The SMILES string of the molecule is CC.CCCCC(=O)OC.Cc1c(F)cc(O)cc1C[C@H](CCCO)C(C)c1ccccc1. The van der Waals surface area contributed by atoms with Gasteiger partial charge in [-0.2, -0.15) is 0 Å². The first-order valence-electron chi connectivity index (χ1n) is 12.0. The highest BCUT2D eigenvalue weighted by Gasteiger charge is 2.21. The molecule has 4 nitrogen and oxygen atoms in total. The van der Waals surface area contributed by atoms with Gasteiger partial charge in [-0.1, -0.05) is 64.4 Å². The molecule has 0 bridgehead atoms. The Morgan fingerprint density at radius 3 is 2.30 bits per heavy atom. The van der Waals surface area contributed by atoms with E-state index in [0.717, 1.165) is 37.3 Å². The average Bonchev–Trinajstić information content (AvgIpc) is 2.84. The number of phenols is 1. The Kier molecular flexibility index (Phi) is 16.8. The first-order valence-corrected chi connectivity index (χ1v) is 12.0. The number of halogens is 1. The summed E-state index contributed by atoms with van der Waals surface area (Å²) in [7, 11) is 1.41. The van der Waals surface area contributed by atoms with Gasteiger partial charge < -0.3 is 14.9 Å². The highest BCUT2D eigenvalue weighted by atomic mass is 19.1. The van der Waals surface area contributed by atoms with Gasteiger partial charge >= 0.3 is 5.97 Å². The molecular weight excluding hydrogens is 419 g/mol. The Balaban J connectivity index is 0.000000868. The maximum atomic E-state index is 13.9. The van der Waals surface area contributed by atoms with Crippen LogP contribution in [0.1, 0.15) is 82.4 Å². The molecule has 1 unspecified atom stereocenters. The quantitative estimate of drug-likeness (QED) is 0.375. The smallest absolute Gasteiger partial charge is 0.305 e. The van der Waals surface area contributed by atoms with E-state index in [1.165, 1.54) is 12.7 Å². The number of unbranched alkanes of at least 4 members (excludes halogenated alkanes) is 1. The number of methoxy groups -OCH3 is 1. The molecule has 0 amide bonds. The molecule has 2 aromatic carbocycles. The van der Waals surface area contributed by atoms with Crippen LogP contribution < -0.4 is 0 Å². The summed E-state index contributed by atoms with van der Waals surface area (Å²) in [5.74, 6) is 0.0773. The second kappa shape index (κ2) is 18.1. The highest BCUT2D eigenvalue weighted by Crippen LogP contribution is 2.33. The molecule has 33 heavy (non-hydrogen) atoms. The summed E-state index contributed by atoms with van der Waals surface area (Å²) in [6.07, 6.45) is 4.83. The van der Waals surface area contributed by atoms with Crippen molar-refractivity contribution in [3.8, 4) is 5.75 Å². The number of carbonyl (C=O) groups is 1. The molecular formula is C28H43FO4. The first kappa shape index (κ1) is 30.6. The third-order valence-corrected chi connectivity index (χ3v) is 5.65. The molecule has 2 atom stereocenters. The molecule has 0 aromatic heterocycles. The predicted octanol–water partition coefficient (Wildman–Crippen LogP) is 6.95. The van der Waals surface area contributed by atoms with Crippen LogP contribution in [0.4, 0.5) is 4.39 Å². The molecule has 0 fully saturated rings. The Morgan fingerprint density at radius 2 is 1.76 bits per heavy atom. The van der Waals surface area contributed by atoms with E-state index in [1.807, 2.05) is 39.0 Å². The fourth-order valence-corrected chi connectivity index (χ4v) is 3.55. The lowest BCUT2D eigenvalue weighted by atomic mass is 9.80. The molecule has 186 valence electrons. The fourth-order valence-electron chi connectivity index (χ4n) is 3.55. The number of phenolic OH excluding ortho intramolecular Hbond substituents is 1. The van der Waals surface area contributed by atoms with Crippen LogP contribution in [-0.2, 0) is 16.0 Å². The zero-order chi connectivity index (χ0) is 25.2. The number of aromatic hydroxyl groups is 1. The van der Waals surface area contributed by atoms with Crippen molar-refractivity contribution in [1.29, 1.82) is 0 Å². The molecule has 0 aliphatic heterocycles. The summed E-state index contributed by atoms with van der Waals surface area (Å²) in [6.45, 7) is 10.1. The summed E-state index contributed by atoms with van der Waals surface area (Å²) < 4.78 is 18.3. The third kappa shape index (κ3) is 11.9. The highest BCUT2D eigenvalue weighted by molar-refractivity contribution is 5.68. The number of esters is 1. The Bertz CT molecular complexity index is 777. The molecule has 0 aliphatic rings. The topological polar surface area (TPSA) is 66.8 Å². The number of benzene rings is 2. The van der Waals surface area contributed by atoms with E-state index >= 15 is 0 Å². The summed E-state index contributed by atoms with van der Waals surface area (Å²) in [5, 5.41) is 18.9. The van der Waals surface area contributed by atoms with Gasteiger partial charge in [0.1, 0.15) is 11.6 Å². The maximum Gasteiger partial charge on any atom is 0.305 e. The number of carbonyl (C=O) groups excluding carboxylic acids is 1. The van der Waals surface area contributed by atoms with Crippen molar-refractivity contribution < 1.29 is 24.1 Å². The van der Waals surface area contributed by atoms with Crippen molar-refractivity contribution in [2.24, 2.45) is 5.92 Å². The van der Waals surface area contributed by atoms with Crippen molar-refractivity contribution in [1.82, 2.24) is 0 Å². The molecule has 2 aromatic rings. The molecule has 0 spiro atoms. The summed E-state index contributed by atoms with van der Waals surface area (Å²) >= 11 is 0. The molecule has 0 saturated heterocycles. The minimum Gasteiger partial charge on any atom is -0.508 e. The second-order valence-corrected chi connectivity index (χ2v) is 7.92. The number of rotatable bonds is 10. The van der Waals surface area contributed by atoms with E-state index in [4.69, 9.17) is 0 Å². The van der Waals surface area contributed by atoms with Gasteiger partial charge in [-0.15, -0.1) is 0 Å². The predicted molar refractivity (Wildman–Crippen MR) is 134 cm³/mol. The maximum absolute atomic E-state index is 13.9. The second-order valence-electron chi connectivity index (χ2n) is 7.92. The molecule has 0 saturated carbocycles. The Hall–Kier alpha value is -2.40. The lowest BCUT2D eigenvalue weighted by molar-refractivity contribution is -0.140. The Morgan fingerprint density at radius 1 is 1.12 bits per heavy atom. The van der Waals surface area contributed by atoms with Crippen LogP contribution in [0.2, 0.25) is 0 Å². The van der Waals surface area contributed by atoms with E-state index in [0.29, 0.717) is 24.3 Å². The van der Waals surface area contributed by atoms with Crippen molar-refractivity contribution in [2.45, 2.75) is 79.1 Å². The average molecular weight is 463 g/mol. The summed E-state index contributed by atoms with van der Waals surface area (Å²) in [5.41, 5.74) is 2.68. The minimum absolute atomic E-state index is 0.0311. The molecule has 5 heteroatoms. The van der Waals surface area contributed by atoms with Crippen LogP contribution in [0.25, 0.3) is 0 Å². The fraction of sp³-hybridized carbons (Fsp3) is 0.536. The van der Waals surface area contributed by atoms with Crippen LogP contribution in [0.15, 0.2) is 42.5 Å². The number of hydrogen-bond acceptors (Lipinski definition) is 4. The van der Waals surface area contributed by atoms with Crippen molar-refractivity contribution in [3.63, 3.8) is 0 Å². The number of aliphatic hydroxyl groups is 1. The standard InChI is InChI=1S/C20H25FO2.C6H12O2.C2H6/c1-14(16-7-4-3-5-8-16)17(9-6-10-22)11-18-12-19(23)13-20(21)15(18)2;1-3-4-5-6(7)8-2;1-2/h3-5,7-8,12-14,17,22-23H,6,9-11H2,1-2H3;3-5H2,1-2H3;1-2H3/t14?,17-;;/m0../s1. The third-order valence-electron chi connectivity index (χ3n) is 5.65. The van der Waals surface area contributed by atoms with Crippen molar-refractivity contribution in [3.05, 3.63) is 65.0 Å². The lowest BCUT2D eigenvalue weighted by Gasteiger charge is -2.25. The van der Waals surface area contributed by atoms with Crippen molar-refractivity contribution in [2.75, 3.05) is 13.7 Å². The minimum atomic E-state index is -0.367. The molecule has 2 rings (SSSR count). The molecule has 0 heterocycles. The summed E-state index contributed by atoms with van der Waals surface area (Å²) in [6, 6.07) is 13.1. The van der Waals surface area contributed by atoms with E-state index < -0.39 is 0 Å². The van der Waals surface area contributed by atoms with Crippen LogP contribution in [-0.4, -0.2) is 29.9 Å². The van der Waals surface area contributed by atoms with Gasteiger partial charge in [-0.05, 0) is 67.2 Å². The first-order chi connectivity index (χ1) is 15.8.